The Kier molecular flexibility index (Phi) is 7.50. The SMILES string of the molecule is CC(C)CNC[C@@H]1CCC[C@H](CNC(=O)OC(C)(C)C)C1. The molecule has 0 aliphatic heterocycles. The maximum atomic E-state index is 11.7. The Balaban J connectivity index is 2.22. The molecule has 2 atom stereocenters. The Hall–Kier alpha value is -0.770. The number of nitrogens with one attached hydrogen (secondary N) is 2. The van der Waals surface area contributed by atoms with Crippen LogP contribution in [-0.4, -0.2) is 31.3 Å². The molecular formula is C17H34N2O2. The van der Waals surface area contributed by atoms with Gasteiger partial charge in [-0.2, -0.15) is 0 Å². The monoisotopic (exact) mass is 298 g/mol. The summed E-state index contributed by atoms with van der Waals surface area (Å²) in [5.74, 6) is 2.05. The van der Waals surface area contributed by atoms with E-state index in [1.165, 1.54) is 25.7 Å². The molecule has 1 fully saturated rings. The number of rotatable bonds is 6. The molecular weight excluding hydrogens is 264 g/mol. The summed E-state index contributed by atoms with van der Waals surface area (Å²) in [6.45, 7) is 13.1. The Bertz CT molecular complexity index is 310. The third kappa shape index (κ3) is 8.97. The van der Waals surface area contributed by atoms with Crippen molar-refractivity contribution in [2.24, 2.45) is 17.8 Å². The van der Waals surface area contributed by atoms with E-state index in [2.05, 4.69) is 24.5 Å². The average Bonchev–Trinajstić information content (AvgIpc) is 2.34. The fourth-order valence-electron chi connectivity index (χ4n) is 2.89. The smallest absolute Gasteiger partial charge is 0.407 e. The van der Waals surface area contributed by atoms with E-state index in [0.717, 1.165) is 25.6 Å². The van der Waals surface area contributed by atoms with Gasteiger partial charge in [-0.05, 0) is 70.9 Å². The summed E-state index contributed by atoms with van der Waals surface area (Å²) < 4.78 is 5.28. The van der Waals surface area contributed by atoms with Crippen molar-refractivity contribution in [1.82, 2.24) is 10.6 Å². The van der Waals surface area contributed by atoms with E-state index < -0.39 is 5.60 Å². The van der Waals surface area contributed by atoms with Crippen molar-refractivity contribution in [2.75, 3.05) is 19.6 Å². The van der Waals surface area contributed by atoms with Crippen molar-refractivity contribution in [3.8, 4) is 0 Å². The van der Waals surface area contributed by atoms with Gasteiger partial charge in [-0.3, -0.25) is 0 Å². The van der Waals surface area contributed by atoms with Crippen LogP contribution in [0.2, 0.25) is 0 Å². The molecule has 0 unspecified atom stereocenters. The van der Waals surface area contributed by atoms with Crippen LogP contribution in [0.4, 0.5) is 4.79 Å². The maximum Gasteiger partial charge on any atom is 0.407 e. The largest absolute Gasteiger partial charge is 0.444 e. The third-order valence-electron chi connectivity index (χ3n) is 3.81. The molecule has 0 heterocycles. The van der Waals surface area contributed by atoms with Crippen LogP contribution >= 0.6 is 0 Å². The van der Waals surface area contributed by atoms with Crippen LogP contribution in [0.15, 0.2) is 0 Å². The molecule has 2 N–H and O–H groups in total. The molecule has 0 aromatic heterocycles. The van der Waals surface area contributed by atoms with Crippen LogP contribution in [0.5, 0.6) is 0 Å². The van der Waals surface area contributed by atoms with Crippen molar-refractivity contribution in [3.05, 3.63) is 0 Å². The van der Waals surface area contributed by atoms with Crippen molar-refractivity contribution < 1.29 is 9.53 Å². The highest BCUT2D eigenvalue weighted by atomic mass is 16.6. The van der Waals surface area contributed by atoms with E-state index in [1.807, 2.05) is 20.8 Å². The predicted octanol–water partition coefficient (Wildman–Crippen LogP) is 3.56. The number of carbonyl (C=O) groups excluding carboxylic acids is 1. The first-order valence-electron chi connectivity index (χ1n) is 8.44. The molecule has 0 saturated heterocycles. The summed E-state index contributed by atoms with van der Waals surface area (Å²) in [6, 6.07) is 0. The first-order chi connectivity index (χ1) is 9.76. The van der Waals surface area contributed by atoms with E-state index in [4.69, 9.17) is 4.74 Å². The second-order valence-corrected chi connectivity index (χ2v) is 7.83. The fraction of sp³-hybridized carbons (Fsp3) is 0.941. The molecule has 1 aliphatic rings. The topological polar surface area (TPSA) is 50.4 Å². The van der Waals surface area contributed by atoms with Crippen LogP contribution in [0, 0.1) is 17.8 Å². The van der Waals surface area contributed by atoms with Gasteiger partial charge in [0.05, 0.1) is 0 Å². The first kappa shape index (κ1) is 18.3. The highest BCUT2D eigenvalue weighted by molar-refractivity contribution is 5.67. The molecule has 124 valence electrons. The molecule has 0 radical (unpaired) electrons. The quantitative estimate of drug-likeness (QED) is 0.788. The molecule has 0 spiro atoms. The zero-order valence-electron chi connectivity index (χ0n) is 14.5. The third-order valence-corrected chi connectivity index (χ3v) is 3.81. The van der Waals surface area contributed by atoms with Crippen LogP contribution in [0.25, 0.3) is 0 Å². The predicted molar refractivity (Wildman–Crippen MR) is 87.4 cm³/mol. The summed E-state index contributed by atoms with van der Waals surface area (Å²) in [5.41, 5.74) is -0.417. The number of amides is 1. The summed E-state index contributed by atoms with van der Waals surface area (Å²) >= 11 is 0. The lowest BCUT2D eigenvalue weighted by Crippen LogP contribution is -2.37. The van der Waals surface area contributed by atoms with Gasteiger partial charge in [0.25, 0.3) is 0 Å². The molecule has 4 nitrogen and oxygen atoms in total. The lowest BCUT2D eigenvalue weighted by Gasteiger charge is -2.30. The molecule has 0 bridgehead atoms. The van der Waals surface area contributed by atoms with E-state index in [1.54, 1.807) is 0 Å². The second kappa shape index (κ2) is 8.62. The fourth-order valence-corrected chi connectivity index (χ4v) is 2.89. The summed E-state index contributed by atoms with van der Waals surface area (Å²) in [7, 11) is 0. The van der Waals surface area contributed by atoms with Gasteiger partial charge in [0.15, 0.2) is 0 Å². The molecule has 1 amide bonds. The molecule has 4 heteroatoms. The number of carbonyl (C=O) groups is 1. The van der Waals surface area contributed by atoms with Crippen LogP contribution < -0.4 is 10.6 Å². The highest BCUT2D eigenvalue weighted by Crippen LogP contribution is 2.28. The minimum atomic E-state index is -0.417. The second-order valence-electron chi connectivity index (χ2n) is 7.83. The number of hydrogen-bond acceptors (Lipinski definition) is 3. The van der Waals surface area contributed by atoms with Crippen molar-refractivity contribution in [3.63, 3.8) is 0 Å². The lowest BCUT2D eigenvalue weighted by molar-refractivity contribution is 0.0512. The zero-order chi connectivity index (χ0) is 15.9. The number of hydrogen-bond donors (Lipinski definition) is 2. The summed E-state index contributed by atoms with van der Waals surface area (Å²) in [5, 5.41) is 6.48. The average molecular weight is 298 g/mol. The van der Waals surface area contributed by atoms with Crippen LogP contribution in [0.1, 0.15) is 60.3 Å². The van der Waals surface area contributed by atoms with Gasteiger partial charge in [0.2, 0.25) is 0 Å². The van der Waals surface area contributed by atoms with Gasteiger partial charge in [0.1, 0.15) is 5.60 Å². The normalized spacial score (nSPS) is 23.1. The van der Waals surface area contributed by atoms with Gasteiger partial charge in [-0.25, -0.2) is 4.79 Å². The Morgan fingerprint density at radius 2 is 1.81 bits per heavy atom. The van der Waals surface area contributed by atoms with Crippen LogP contribution in [-0.2, 0) is 4.74 Å². The minimum Gasteiger partial charge on any atom is -0.444 e. The van der Waals surface area contributed by atoms with Crippen LogP contribution in [0.3, 0.4) is 0 Å². The molecule has 1 aliphatic carbocycles. The zero-order valence-corrected chi connectivity index (χ0v) is 14.5. The Morgan fingerprint density at radius 3 is 2.38 bits per heavy atom. The van der Waals surface area contributed by atoms with Gasteiger partial charge in [-0.15, -0.1) is 0 Å². The Morgan fingerprint density at radius 1 is 1.19 bits per heavy atom. The first-order valence-corrected chi connectivity index (χ1v) is 8.44. The van der Waals surface area contributed by atoms with E-state index in [0.29, 0.717) is 11.8 Å². The van der Waals surface area contributed by atoms with E-state index in [9.17, 15) is 4.79 Å². The standard InChI is InChI=1S/C17H34N2O2/c1-13(2)10-18-11-14-7-6-8-15(9-14)12-19-16(20)21-17(3,4)5/h13-15,18H,6-12H2,1-5H3,(H,19,20)/t14-,15+/m1/s1. The Labute approximate surface area is 130 Å². The molecule has 21 heavy (non-hydrogen) atoms. The van der Waals surface area contributed by atoms with Crippen molar-refractivity contribution in [2.45, 2.75) is 65.9 Å². The summed E-state index contributed by atoms with van der Waals surface area (Å²) in [6.07, 6.45) is 4.72. The maximum absolute atomic E-state index is 11.7. The molecule has 1 saturated carbocycles. The molecule has 0 aromatic rings. The summed E-state index contributed by atoms with van der Waals surface area (Å²) in [4.78, 5) is 11.7. The van der Waals surface area contributed by atoms with Crippen molar-refractivity contribution >= 4 is 6.09 Å². The molecule has 1 rings (SSSR count). The van der Waals surface area contributed by atoms with Gasteiger partial charge in [-0.1, -0.05) is 20.3 Å². The minimum absolute atomic E-state index is 0.289. The lowest BCUT2D eigenvalue weighted by atomic mass is 9.81. The van der Waals surface area contributed by atoms with Gasteiger partial charge >= 0.3 is 6.09 Å². The van der Waals surface area contributed by atoms with E-state index >= 15 is 0 Å². The number of alkyl carbamates (subject to hydrolysis) is 1. The number of ether oxygens (including phenoxy) is 1. The highest BCUT2D eigenvalue weighted by Gasteiger charge is 2.23. The van der Waals surface area contributed by atoms with Gasteiger partial charge < -0.3 is 15.4 Å². The molecule has 0 aromatic carbocycles. The van der Waals surface area contributed by atoms with E-state index in [-0.39, 0.29) is 6.09 Å². The van der Waals surface area contributed by atoms with Gasteiger partial charge in [0, 0.05) is 6.54 Å². The van der Waals surface area contributed by atoms with Crippen molar-refractivity contribution in [1.29, 1.82) is 0 Å².